The number of benzene rings is 1. The SMILES string of the molecule is Cc1c(-c2cc3cc(NC(=O)O[C@H]4CCO[C@@H]4C)ncc3c(N)c2F)cnc2c1NCCO2. The molecule has 1 saturated heterocycles. The van der Waals surface area contributed by atoms with E-state index in [0.717, 1.165) is 11.3 Å². The summed E-state index contributed by atoms with van der Waals surface area (Å²) in [5, 5.41) is 6.94. The molecule has 0 bridgehead atoms. The monoisotopic (exact) mass is 453 g/mol. The van der Waals surface area contributed by atoms with Crippen molar-refractivity contribution in [2.45, 2.75) is 32.5 Å². The molecule has 9 nitrogen and oxygen atoms in total. The lowest BCUT2D eigenvalue weighted by Crippen LogP contribution is -2.27. The summed E-state index contributed by atoms with van der Waals surface area (Å²) in [6.45, 7) is 5.45. The van der Waals surface area contributed by atoms with E-state index in [9.17, 15) is 4.79 Å². The number of nitrogens with one attached hydrogen (secondary N) is 2. The second-order valence-corrected chi connectivity index (χ2v) is 8.13. The number of rotatable bonds is 3. The molecule has 2 aromatic heterocycles. The van der Waals surface area contributed by atoms with Crippen molar-refractivity contribution < 1.29 is 23.4 Å². The predicted molar refractivity (Wildman–Crippen MR) is 122 cm³/mol. The Morgan fingerprint density at radius 3 is 2.91 bits per heavy atom. The molecule has 0 spiro atoms. The van der Waals surface area contributed by atoms with E-state index in [4.69, 9.17) is 19.9 Å². The largest absolute Gasteiger partial charge is 0.474 e. The first-order valence-corrected chi connectivity index (χ1v) is 10.8. The van der Waals surface area contributed by atoms with E-state index >= 15 is 4.39 Å². The minimum Gasteiger partial charge on any atom is -0.474 e. The van der Waals surface area contributed by atoms with Crippen LogP contribution >= 0.6 is 0 Å². The van der Waals surface area contributed by atoms with Gasteiger partial charge in [0.1, 0.15) is 24.2 Å². The molecule has 1 aromatic carbocycles. The molecule has 33 heavy (non-hydrogen) atoms. The molecule has 4 N–H and O–H groups in total. The third-order valence-electron chi connectivity index (χ3n) is 6.03. The number of hydrogen-bond acceptors (Lipinski definition) is 8. The molecule has 1 amide bonds. The average molecular weight is 453 g/mol. The summed E-state index contributed by atoms with van der Waals surface area (Å²) in [5.41, 5.74) is 8.54. The Balaban J connectivity index is 1.48. The molecule has 0 aliphatic carbocycles. The Morgan fingerprint density at radius 2 is 2.12 bits per heavy atom. The van der Waals surface area contributed by atoms with Crippen LogP contribution < -0.4 is 21.1 Å². The van der Waals surface area contributed by atoms with E-state index < -0.39 is 11.9 Å². The zero-order valence-corrected chi connectivity index (χ0v) is 18.3. The number of ether oxygens (including phenoxy) is 3. The number of pyridine rings is 2. The lowest BCUT2D eigenvalue weighted by Gasteiger charge is -2.22. The summed E-state index contributed by atoms with van der Waals surface area (Å²) in [6.07, 6.45) is 2.57. The van der Waals surface area contributed by atoms with Crippen LogP contribution in [0.3, 0.4) is 0 Å². The molecule has 1 fully saturated rings. The van der Waals surface area contributed by atoms with E-state index in [1.807, 2.05) is 13.8 Å². The molecule has 2 aliphatic heterocycles. The van der Waals surface area contributed by atoms with Crippen molar-refractivity contribution in [3.05, 3.63) is 35.9 Å². The van der Waals surface area contributed by atoms with Crippen molar-refractivity contribution in [3.63, 3.8) is 0 Å². The summed E-state index contributed by atoms with van der Waals surface area (Å²) in [7, 11) is 0. The fourth-order valence-electron chi connectivity index (χ4n) is 4.19. The fourth-order valence-corrected chi connectivity index (χ4v) is 4.19. The summed E-state index contributed by atoms with van der Waals surface area (Å²) >= 11 is 0. The Morgan fingerprint density at radius 1 is 1.27 bits per heavy atom. The third-order valence-corrected chi connectivity index (χ3v) is 6.03. The Labute approximate surface area is 189 Å². The van der Waals surface area contributed by atoms with Crippen LogP contribution in [0, 0.1) is 12.7 Å². The summed E-state index contributed by atoms with van der Waals surface area (Å²) < 4.78 is 31.7. The summed E-state index contributed by atoms with van der Waals surface area (Å²) in [4.78, 5) is 20.8. The minimum atomic E-state index is -0.625. The van der Waals surface area contributed by atoms with Crippen LogP contribution in [0.4, 0.5) is 26.4 Å². The van der Waals surface area contributed by atoms with E-state index in [1.54, 1.807) is 18.3 Å². The predicted octanol–water partition coefficient (Wildman–Crippen LogP) is 3.86. The zero-order valence-electron chi connectivity index (χ0n) is 18.3. The minimum absolute atomic E-state index is 0.0256. The highest BCUT2D eigenvalue weighted by Gasteiger charge is 2.28. The van der Waals surface area contributed by atoms with Crippen LogP contribution in [0.1, 0.15) is 18.9 Å². The van der Waals surface area contributed by atoms with Crippen LogP contribution in [0.25, 0.3) is 21.9 Å². The third kappa shape index (κ3) is 3.86. The quantitative estimate of drug-likeness (QED) is 0.512. The van der Waals surface area contributed by atoms with Crippen molar-refractivity contribution in [3.8, 4) is 17.0 Å². The van der Waals surface area contributed by atoms with E-state index in [-0.39, 0.29) is 23.7 Å². The second kappa shape index (κ2) is 8.36. The maximum atomic E-state index is 15.3. The van der Waals surface area contributed by atoms with Gasteiger partial charge in [-0.25, -0.2) is 19.2 Å². The topological polar surface area (TPSA) is 121 Å². The van der Waals surface area contributed by atoms with Gasteiger partial charge in [-0.2, -0.15) is 0 Å². The maximum absolute atomic E-state index is 15.3. The van der Waals surface area contributed by atoms with Crippen molar-refractivity contribution in [2.24, 2.45) is 0 Å². The van der Waals surface area contributed by atoms with Gasteiger partial charge in [0.05, 0.1) is 18.4 Å². The molecular formula is C23H24FN5O4. The molecular weight excluding hydrogens is 429 g/mol. The molecule has 0 saturated carbocycles. The number of fused-ring (bicyclic) bond motifs is 2. The highest BCUT2D eigenvalue weighted by molar-refractivity contribution is 5.99. The highest BCUT2D eigenvalue weighted by atomic mass is 19.1. The number of halogens is 1. The number of carbonyl (C=O) groups is 1. The van der Waals surface area contributed by atoms with Gasteiger partial charge >= 0.3 is 6.09 Å². The zero-order chi connectivity index (χ0) is 23.1. The van der Waals surface area contributed by atoms with Crippen LogP contribution in [-0.2, 0) is 9.47 Å². The van der Waals surface area contributed by atoms with Gasteiger partial charge in [-0.3, -0.25) is 5.32 Å². The molecule has 172 valence electrons. The number of aromatic nitrogens is 2. The first-order valence-electron chi connectivity index (χ1n) is 10.8. The van der Waals surface area contributed by atoms with E-state index in [0.29, 0.717) is 54.0 Å². The molecule has 10 heteroatoms. The second-order valence-electron chi connectivity index (χ2n) is 8.13. The Kier molecular flexibility index (Phi) is 5.37. The van der Waals surface area contributed by atoms with Crippen molar-refractivity contribution in [2.75, 3.05) is 36.1 Å². The molecule has 2 atom stereocenters. The van der Waals surface area contributed by atoms with Crippen LogP contribution in [-0.4, -0.2) is 48.0 Å². The molecule has 0 radical (unpaired) electrons. The first-order chi connectivity index (χ1) is 15.9. The number of carbonyl (C=O) groups excluding carboxylic acids is 1. The first kappa shape index (κ1) is 21.2. The molecule has 2 aliphatic rings. The van der Waals surface area contributed by atoms with E-state index in [2.05, 4.69) is 20.6 Å². The Bertz CT molecular complexity index is 1250. The lowest BCUT2D eigenvalue weighted by molar-refractivity contribution is 0.0420. The fraction of sp³-hybridized carbons (Fsp3) is 0.348. The number of amides is 1. The summed E-state index contributed by atoms with van der Waals surface area (Å²) in [6, 6.07) is 3.30. The standard InChI is InChI=1S/C23H24FN5O4/c1-11-15(9-28-22-21(11)26-4-6-32-22)14-7-13-8-18(27-10-16(13)20(25)19(14)24)29-23(30)33-17-3-5-31-12(17)2/h7-10,12,17,26H,3-6,25H2,1-2H3,(H,27,29,30)/t12-,17+/m1/s1. The van der Waals surface area contributed by atoms with Crippen molar-refractivity contribution in [1.82, 2.24) is 9.97 Å². The number of anilines is 3. The van der Waals surface area contributed by atoms with Gasteiger partial charge in [-0.1, -0.05) is 0 Å². The highest BCUT2D eigenvalue weighted by Crippen LogP contribution is 2.39. The van der Waals surface area contributed by atoms with Gasteiger partial charge in [0.25, 0.3) is 0 Å². The number of nitrogens with zero attached hydrogens (tertiary/aromatic N) is 2. The van der Waals surface area contributed by atoms with Gasteiger partial charge in [-0.05, 0) is 36.9 Å². The molecule has 0 unspecified atom stereocenters. The van der Waals surface area contributed by atoms with Crippen molar-refractivity contribution >= 4 is 34.1 Å². The summed E-state index contributed by atoms with van der Waals surface area (Å²) in [5.74, 6) is 0.209. The number of hydrogen-bond donors (Lipinski definition) is 3. The van der Waals surface area contributed by atoms with Gasteiger partial charge in [0.15, 0.2) is 5.82 Å². The Hall–Kier alpha value is -3.66. The normalized spacial score (nSPS) is 19.5. The molecule has 5 rings (SSSR count). The van der Waals surface area contributed by atoms with Crippen LogP contribution in [0.15, 0.2) is 24.5 Å². The number of nitrogen functional groups attached to an aromatic ring is 1. The average Bonchev–Trinajstić information content (AvgIpc) is 3.21. The lowest BCUT2D eigenvalue weighted by atomic mass is 9.97. The molecule has 3 aromatic rings. The van der Waals surface area contributed by atoms with Crippen LogP contribution in [0.5, 0.6) is 5.88 Å². The van der Waals surface area contributed by atoms with Gasteiger partial charge in [-0.15, -0.1) is 0 Å². The molecule has 4 heterocycles. The van der Waals surface area contributed by atoms with Gasteiger partial charge in [0.2, 0.25) is 5.88 Å². The number of nitrogens with two attached hydrogens (primary N) is 1. The van der Waals surface area contributed by atoms with Crippen molar-refractivity contribution in [1.29, 1.82) is 0 Å². The van der Waals surface area contributed by atoms with E-state index in [1.165, 1.54) is 6.20 Å². The van der Waals surface area contributed by atoms with Gasteiger partial charge in [0, 0.05) is 41.9 Å². The smallest absolute Gasteiger partial charge is 0.413 e. The van der Waals surface area contributed by atoms with Gasteiger partial charge < -0.3 is 25.3 Å². The maximum Gasteiger partial charge on any atom is 0.413 e. The van der Waals surface area contributed by atoms with Crippen LogP contribution in [0.2, 0.25) is 0 Å².